The molecule has 0 spiro atoms. The molecule has 0 radical (unpaired) electrons. The van der Waals surface area contributed by atoms with E-state index in [1.165, 1.54) is 0 Å². The van der Waals surface area contributed by atoms with E-state index in [4.69, 9.17) is 9.47 Å². The van der Waals surface area contributed by atoms with Gasteiger partial charge in [-0.3, -0.25) is 4.99 Å². The molecule has 7 heteroatoms. The normalized spacial score (nSPS) is 26.3. The van der Waals surface area contributed by atoms with Crippen LogP contribution in [-0.2, 0) is 11.3 Å². The van der Waals surface area contributed by atoms with Crippen LogP contribution in [0.5, 0.6) is 5.75 Å². The molecule has 29 heavy (non-hydrogen) atoms. The lowest BCUT2D eigenvalue weighted by Gasteiger charge is -2.33. The van der Waals surface area contributed by atoms with Gasteiger partial charge >= 0.3 is 0 Å². The van der Waals surface area contributed by atoms with Gasteiger partial charge in [0.05, 0.1) is 30.2 Å². The molecule has 3 fully saturated rings. The van der Waals surface area contributed by atoms with Gasteiger partial charge in [0, 0.05) is 24.7 Å². The molecule has 1 aromatic carbocycles. The quantitative estimate of drug-likeness (QED) is 0.797. The van der Waals surface area contributed by atoms with Crippen LogP contribution in [0.2, 0.25) is 0 Å². The molecule has 4 heterocycles. The lowest BCUT2D eigenvalue weighted by atomic mass is 10.0. The van der Waals surface area contributed by atoms with Crippen LogP contribution in [-0.4, -0.2) is 46.6 Å². The van der Waals surface area contributed by atoms with Crippen molar-refractivity contribution in [2.75, 3.05) is 18.0 Å². The summed E-state index contributed by atoms with van der Waals surface area (Å²) in [7, 11) is 0. The third kappa shape index (κ3) is 3.08. The fourth-order valence-electron chi connectivity index (χ4n) is 4.49. The van der Waals surface area contributed by atoms with Gasteiger partial charge in [-0.2, -0.15) is 0 Å². The van der Waals surface area contributed by atoms with Crippen molar-refractivity contribution in [1.82, 2.24) is 9.97 Å². The second-order valence-electron chi connectivity index (χ2n) is 8.78. The number of hydrogen-bond donors (Lipinski definition) is 0. The highest BCUT2D eigenvalue weighted by Gasteiger charge is 2.41. The van der Waals surface area contributed by atoms with Gasteiger partial charge < -0.3 is 14.4 Å². The monoisotopic (exact) mass is 394 g/mol. The Labute approximate surface area is 168 Å². The van der Waals surface area contributed by atoms with Crippen LogP contribution < -0.4 is 9.64 Å². The van der Waals surface area contributed by atoms with E-state index in [2.05, 4.69) is 19.9 Å². The van der Waals surface area contributed by atoms with Crippen LogP contribution in [0, 0.1) is 5.82 Å². The molecule has 0 N–H and O–H groups in total. The molecule has 6 nitrogen and oxygen atoms in total. The summed E-state index contributed by atoms with van der Waals surface area (Å²) < 4.78 is 26.4. The molecule has 1 aliphatic carbocycles. The predicted octanol–water partition coefficient (Wildman–Crippen LogP) is 3.27. The Balaban J connectivity index is 1.31. The number of benzene rings is 1. The van der Waals surface area contributed by atoms with Crippen LogP contribution in [0.4, 0.5) is 10.2 Å². The standard InChI is InChI=1S/C22H23FN4O2/c1-22(4-5-22)29-19-7-16-13(6-17(19)23)9-24-21(16)18-8-20(26-12-25-18)27-10-14-2-3-15(11-27)28-14/h6-8,12,14-15H,2-5,9-11H2,1H3. The summed E-state index contributed by atoms with van der Waals surface area (Å²) in [5.74, 6) is 0.883. The number of hydrogen-bond acceptors (Lipinski definition) is 6. The molecule has 2 saturated heterocycles. The van der Waals surface area contributed by atoms with Gasteiger partial charge in [0.25, 0.3) is 0 Å². The van der Waals surface area contributed by atoms with Crippen molar-refractivity contribution in [2.45, 2.75) is 57.0 Å². The maximum absolute atomic E-state index is 14.5. The van der Waals surface area contributed by atoms with Crippen molar-refractivity contribution in [2.24, 2.45) is 4.99 Å². The Bertz CT molecular complexity index is 1010. The third-order valence-corrected chi connectivity index (χ3v) is 6.39. The van der Waals surface area contributed by atoms with Gasteiger partial charge in [0.2, 0.25) is 0 Å². The summed E-state index contributed by atoms with van der Waals surface area (Å²) >= 11 is 0. The second kappa shape index (κ2) is 6.23. The van der Waals surface area contributed by atoms with Gasteiger partial charge in [-0.05, 0) is 50.3 Å². The average molecular weight is 394 g/mol. The molecule has 2 aromatic rings. The molecule has 3 aliphatic heterocycles. The van der Waals surface area contributed by atoms with Crippen molar-refractivity contribution in [3.8, 4) is 5.75 Å². The van der Waals surface area contributed by atoms with Crippen molar-refractivity contribution in [1.29, 1.82) is 0 Å². The number of morpholine rings is 1. The van der Waals surface area contributed by atoms with Crippen LogP contribution in [0.3, 0.4) is 0 Å². The van der Waals surface area contributed by atoms with Crippen molar-refractivity contribution in [3.63, 3.8) is 0 Å². The molecule has 6 rings (SSSR count). The first-order valence-electron chi connectivity index (χ1n) is 10.4. The van der Waals surface area contributed by atoms with Crippen molar-refractivity contribution >= 4 is 11.5 Å². The average Bonchev–Trinajstić information content (AvgIpc) is 3.15. The highest BCUT2D eigenvalue weighted by molar-refractivity contribution is 6.14. The molecule has 4 aliphatic rings. The minimum Gasteiger partial charge on any atom is -0.484 e. The molecule has 0 amide bonds. The van der Waals surface area contributed by atoms with Crippen LogP contribution >= 0.6 is 0 Å². The molecule has 150 valence electrons. The first kappa shape index (κ1) is 17.3. The predicted molar refractivity (Wildman–Crippen MR) is 106 cm³/mol. The van der Waals surface area contributed by atoms with Gasteiger partial charge in [-0.15, -0.1) is 0 Å². The first-order chi connectivity index (χ1) is 14.1. The number of nitrogens with zero attached hydrogens (tertiary/aromatic N) is 4. The zero-order chi connectivity index (χ0) is 19.6. The highest BCUT2D eigenvalue weighted by atomic mass is 19.1. The molecule has 2 bridgehead atoms. The number of halogens is 1. The maximum Gasteiger partial charge on any atom is 0.165 e. The van der Waals surface area contributed by atoms with Crippen molar-refractivity contribution in [3.05, 3.63) is 47.2 Å². The fraction of sp³-hybridized carbons (Fsp3) is 0.500. The van der Waals surface area contributed by atoms with E-state index < -0.39 is 0 Å². The minimum atomic E-state index is -0.319. The van der Waals surface area contributed by atoms with Crippen LogP contribution in [0.1, 0.15) is 49.4 Å². The number of rotatable bonds is 4. The number of fused-ring (bicyclic) bond motifs is 3. The molecular formula is C22H23FN4O2. The topological polar surface area (TPSA) is 59.8 Å². The second-order valence-corrected chi connectivity index (χ2v) is 8.78. The Hall–Kier alpha value is -2.54. The molecule has 1 aromatic heterocycles. The van der Waals surface area contributed by atoms with E-state index in [-0.39, 0.29) is 11.4 Å². The van der Waals surface area contributed by atoms with E-state index in [9.17, 15) is 4.39 Å². The molecule has 2 unspecified atom stereocenters. The van der Waals surface area contributed by atoms with Gasteiger partial charge in [0.15, 0.2) is 11.6 Å². The number of aromatic nitrogens is 2. The van der Waals surface area contributed by atoms with Crippen molar-refractivity contribution < 1.29 is 13.9 Å². The Kier molecular flexibility index (Phi) is 3.72. The molecule has 2 atom stereocenters. The zero-order valence-corrected chi connectivity index (χ0v) is 16.4. The summed E-state index contributed by atoms with van der Waals surface area (Å²) in [6.45, 7) is 4.19. The highest BCUT2D eigenvalue weighted by Crippen LogP contribution is 2.41. The van der Waals surface area contributed by atoms with Crippen LogP contribution in [0.15, 0.2) is 29.5 Å². The third-order valence-electron chi connectivity index (χ3n) is 6.39. The van der Waals surface area contributed by atoms with E-state index in [1.54, 1.807) is 18.5 Å². The summed E-state index contributed by atoms with van der Waals surface area (Å²) in [4.78, 5) is 15.9. The Morgan fingerprint density at radius 3 is 2.69 bits per heavy atom. The zero-order valence-electron chi connectivity index (χ0n) is 16.4. The largest absolute Gasteiger partial charge is 0.484 e. The smallest absolute Gasteiger partial charge is 0.165 e. The minimum absolute atomic E-state index is 0.233. The van der Waals surface area contributed by atoms with E-state index >= 15 is 0 Å². The summed E-state index contributed by atoms with van der Waals surface area (Å²) in [6.07, 6.45) is 6.34. The van der Waals surface area contributed by atoms with Gasteiger partial charge in [-0.1, -0.05) is 0 Å². The number of anilines is 1. The Morgan fingerprint density at radius 1 is 1.14 bits per heavy atom. The number of ether oxygens (including phenoxy) is 2. The summed E-state index contributed by atoms with van der Waals surface area (Å²) in [6, 6.07) is 5.33. The molecular weight excluding hydrogens is 371 g/mol. The number of aliphatic imine (C=N–C) groups is 1. The Morgan fingerprint density at radius 2 is 1.93 bits per heavy atom. The summed E-state index contributed by atoms with van der Waals surface area (Å²) in [5, 5.41) is 0. The fourth-order valence-corrected chi connectivity index (χ4v) is 4.49. The van der Waals surface area contributed by atoms with E-state index in [1.807, 2.05) is 13.0 Å². The first-order valence-corrected chi connectivity index (χ1v) is 10.4. The summed E-state index contributed by atoms with van der Waals surface area (Å²) in [5.41, 5.74) is 3.09. The maximum atomic E-state index is 14.5. The van der Waals surface area contributed by atoms with Gasteiger partial charge in [-0.25, -0.2) is 14.4 Å². The van der Waals surface area contributed by atoms with E-state index in [0.717, 1.165) is 67.1 Å². The lowest BCUT2D eigenvalue weighted by molar-refractivity contribution is 0.0302. The van der Waals surface area contributed by atoms with Gasteiger partial charge in [0.1, 0.15) is 17.7 Å². The SMILES string of the molecule is CC1(Oc2cc3c(cc2F)CN=C3c2cc(N3CC4CCC(C3)O4)ncn2)CC1. The van der Waals surface area contributed by atoms with Crippen LogP contribution in [0.25, 0.3) is 0 Å². The van der Waals surface area contributed by atoms with E-state index in [0.29, 0.717) is 24.5 Å². The molecule has 1 saturated carbocycles. The lowest BCUT2D eigenvalue weighted by Crippen LogP contribution is -2.43.